The fraction of sp³-hybridized carbons (Fsp3) is 0.429. The van der Waals surface area contributed by atoms with Gasteiger partial charge in [-0.2, -0.15) is 11.3 Å². The summed E-state index contributed by atoms with van der Waals surface area (Å²) in [5.74, 6) is 0.605. The van der Waals surface area contributed by atoms with Crippen molar-refractivity contribution in [3.05, 3.63) is 39.8 Å². The summed E-state index contributed by atoms with van der Waals surface area (Å²) in [6.07, 6.45) is 3.20. The van der Waals surface area contributed by atoms with Gasteiger partial charge in [-0.1, -0.05) is 11.6 Å². The average molecular weight is 325 g/mol. The molecule has 2 aromatic rings. The molecule has 2 aromatic heterocycles. The van der Waals surface area contributed by atoms with Gasteiger partial charge in [-0.15, -0.1) is 0 Å². The van der Waals surface area contributed by atoms with Crippen molar-refractivity contribution in [1.29, 1.82) is 0 Å². The fourth-order valence-corrected chi connectivity index (χ4v) is 3.21. The largest absolute Gasteiger partial charge is 0.379 e. The van der Waals surface area contributed by atoms with Crippen molar-refractivity contribution in [3.63, 3.8) is 0 Å². The van der Waals surface area contributed by atoms with Gasteiger partial charge in [0.25, 0.3) is 0 Å². The number of hydrogen-bond donors (Lipinski definition) is 1. The lowest BCUT2D eigenvalue weighted by Gasteiger charge is -2.34. The van der Waals surface area contributed by atoms with Gasteiger partial charge in [-0.05, 0) is 22.4 Å². The normalized spacial score (nSPS) is 17.6. The van der Waals surface area contributed by atoms with Crippen molar-refractivity contribution in [2.75, 3.05) is 38.2 Å². The highest BCUT2D eigenvalue weighted by atomic mass is 35.5. The van der Waals surface area contributed by atoms with Crippen LogP contribution in [0.1, 0.15) is 11.6 Å². The molecule has 3 rings (SSSR count). The first-order chi connectivity index (χ1) is 10.3. The molecule has 0 radical (unpaired) electrons. The number of hydrogen-bond acceptors (Lipinski definition) is 6. The van der Waals surface area contributed by atoms with Crippen LogP contribution in [-0.4, -0.2) is 47.7 Å². The molecule has 112 valence electrons. The molecule has 1 aliphatic heterocycles. The predicted molar refractivity (Wildman–Crippen MR) is 85.0 cm³/mol. The van der Waals surface area contributed by atoms with E-state index < -0.39 is 0 Å². The Hall–Kier alpha value is -1.21. The Labute approximate surface area is 132 Å². The first-order valence-corrected chi connectivity index (χ1v) is 8.20. The summed E-state index contributed by atoms with van der Waals surface area (Å²) in [5.41, 5.74) is 1.32. The summed E-state index contributed by atoms with van der Waals surface area (Å²) in [6.45, 7) is 4.24. The summed E-state index contributed by atoms with van der Waals surface area (Å²) in [6, 6.07) is 2.48. The molecule has 0 spiro atoms. The van der Waals surface area contributed by atoms with Gasteiger partial charge in [0, 0.05) is 19.6 Å². The number of nitrogens with zero attached hydrogens (tertiary/aromatic N) is 3. The molecule has 0 amide bonds. The van der Waals surface area contributed by atoms with Crippen LogP contribution in [0.5, 0.6) is 0 Å². The SMILES string of the molecule is Clc1cnc(NCC(c2ccsc2)N2CCOCC2)nc1. The summed E-state index contributed by atoms with van der Waals surface area (Å²) in [4.78, 5) is 10.8. The van der Waals surface area contributed by atoms with Crippen LogP contribution in [0.4, 0.5) is 5.95 Å². The van der Waals surface area contributed by atoms with Gasteiger partial charge in [-0.3, -0.25) is 4.90 Å². The average Bonchev–Trinajstić information content (AvgIpc) is 3.05. The minimum atomic E-state index is 0.305. The van der Waals surface area contributed by atoms with E-state index in [0.717, 1.165) is 32.8 Å². The van der Waals surface area contributed by atoms with Crippen molar-refractivity contribution in [2.45, 2.75) is 6.04 Å². The second-order valence-electron chi connectivity index (χ2n) is 4.83. The zero-order chi connectivity index (χ0) is 14.5. The van der Waals surface area contributed by atoms with Crippen molar-refractivity contribution < 1.29 is 4.74 Å². The fourth-order valence-electron chi connectivity index (χ4n) is 2.40. The van der Waals surface area contributed by atoms with Crippen LogP contribution in [0.15, 0.2) is 29.2 Å². The highest BCUT2D eigenvalue weighted by Crippen LogP contribution is 2.24. The van der Waals surface area contributed by atoms with Crippen molar-refractivity contribution in [1.82, 2.24) is 14.9 Å². The molecule has 0 aromatic carbocycles. The maximum atomic E-state index is 5.80. The molecule has 1 N–H and O–H groups in total. The van der Waals surface area contributed by atoms with E-state index in [1.165, 1.54) is 5.56 Å². The first kappa shape index (κ1) is 14.7. The molecule has 1 aliphatic rings. The van der Waals surface area contributed by atoms with Crippen LogP contribution >= 0.6 is 22.9 Å². The van der Waals surface area contributed by atoms with E-state index >= 15 is 0 Å². The maximum absolute atomic E-state index is 5.80. The van der Waals surface area contributed by atoms with Gasteiger partial charge in [0.15, 0.2) is 0 Å². The highest BCUT2D eigenvalue weighted by Gasteiger charge is 2.23. The molecular formula is C14H17ClN4OS. The molecule has 7 heteroatoms. The third kappa shape index (κ3) is 3.91. The molecular weight excluding hydrogens is 308 g/mol. The molecule has 21 heavy (non-hydrogen) atoms. The van der Waals surface area contributed by atoms with Crippen molar-refractivity contribution >= 4 is 28.9 Å². The Morgan fingerprint density at radius 1 is 1.33 bits per heavy atom. The number of anilines is 1. The van der Waals surface area contributed by atoms with Gasteiger partial charge < -0.3 is 10.1 Å². The van der Waals surface area contributed by atoms with E-state index in [1.807, 2.05) is 0 Å². The highest BCUT2D eigenvalue weighted by molar-refractivity contribution is 7.07. The Bertz CT molecular complexity index is 543. The molecule has 1 unspecified atom stereocenters. The lowest BCUT2D eigenvalue weighted by atomic mass is 10.1. The first-order valence-electron chi connectivity index (χ1n) is 6.88. The second-order valence-corrected chi connectivity index (χ2v) is 6.04. The molecule has 1 fully saturated rings. The molecule has 1 atom stereocenters. The van der Waals surface area contributed by atoms with Crippen LogP contribution in [0.25, 0.3) is 0 Å². The van der Waals surface area contributed by atoms with Gasteiger partial charge in [0.2, 0.25) is 5.95 Å². The Morgan fingerprint density at radius 3 is 2.76 bits per heavy atom. The van der Waals surface area contributed by atoms with Crippen LogP contribution < -0.4 is 5.32 Å². The zero-order valence-electron chi connectivity index (χ0n) is 11.5. The smallest absolute Gasteiger partial charge is 0.222 e. The topological polar surface area (TPSA) is 50.3 Å². The number of morpholine rings is 1. The Morgan fingerprint density at radius 2 is 2.10 bits per heavy atom. The Kier molecular flexibility index (Phi) is 5.03. The number of rotatable bonds is 5. The molecule has 0 saturated carbocycles. The van der Waals surface area contributed by atoms with Gasteiger partial charge in [-0.25, -0.2) is 9.97 Å². The molecule has 3 heterocycles. The number of thiophene rings is 1. The lowest BCUT2D eigenvalue weighted by molar-refractivity contribution is 0.0187. The van der Waals surface area contributed by atoms with E-state index in [-0.39, 0.29) is 0 Å². The number of halogens is 1. The number of nitrogens with one attached hydrogen (secondary N) is 1. The second kappa shape index (κ2) is 7.17. The Balaban J connectivity index is 1.68. The standard InChI is InChI=1S/C14H17ClN4OS/c15-12-7-16-14(17-8-12)18-9-13(11-1-6-21-10-11)19-2-4-20-5-3-19/h1,6-8,10,13H,2-5,9H2,(H,16,17,18). The summed E-state index contributed by atoms with van der Waals surface area (Å²) < 4.78 is 5.44. The van der Waals surface area contributed by atoms with E-state index in [4.69, 9.17) is 16.3 Å². The van der Waals surface area contributed by atoms with Crippen LogP contribution in [0.3, 0.4) is 0 Å². The van der Waals surface area contributed by atoms with Gasteiger partial charge in [0.1, 0.15) is 0 Å². The molecule has 0 aliphatic carbocycles. The van der Waals surface area contributed by atoms with Gasteiger partial charge >= 0.3 is 0 Å². The monoisotopic (exact) mass is 324 g/mol. The molecule has 5 nitrogen and oxygen atoms in total. The van der Waals surface area contributed by atoms with E-state index in [1.54, 1.807) is 23.7 Å². The minimum absolute atomic E-state index is 0.305. The van der Waals surface area contributed by atoms with E-state index in [2.05, 4.69) is 37.0 Å². The minimum Gasteiger partial charge on any atom is -0.379 e. The summed E-state index contributed by atoms with van der Waals surface area (Å²) in [7, 11) is 0. The summed E-state index contributed by atoms with van der Waals surface area (Å²) in [5, 5.41) is 8.15. The van der Waals surface area contributed by atoms with Crippen LogP contribution in [0, 0.1) is 0 Å². The summed E-state index contributed by atoms with van der Waals surface area (Å²) >= 11 is 7.52. The lowest BCUT2D eigenvalue weighted by Crippen LogP contribution is -2.41. The third-order valence-electron chi connectivity index (χ3n) is 3.49. The predicted octanol–water partition coefficient (Wildman–Crippen LogP) is 2.68. The van der Waals surface area contributed by atoms with E-state index in [9.17, 15) is 0 Å². The van der Waals surface area contributed by atoms with Crippen molar-refractivity contribution in [3.8, 4) is 0 Å². The molecule has 0 bridgehead atoms. The van der Waals surface area contributed by atoms with Crippen LogP contribution in [0.2, 0.25) is 5.02 Å². The van der Waals surface area contributed by atoms with E-state index in [0.29, 0.717) is 17.0 Å². The quantitative estimate of drug-likeness (QED) is 0.916. The number of aromatic nitrogens is 2. The van der Waals surface area contributed by atoms with Crippen LogP contribution in [-0.2, 0) is 4.74 Å². The number of ether oxygens (including phenoxy) is 1. The zero-order valence-corrected chi connectivity index (χ0v) is 13.1. The maximum Gasteiger partial charge on any atom is 0.222 e. The van der Waals surface area contributed by atoms with Gasteiger partial charge in [0.05, 0.1) is 36.7 Å². The molecule has 1 saturated heterocycles. The third-order valence-corrected chi connectivity index (χ3v) is 4.38. The van der Waals surface area contributed by atoms with Crippen molar-refractivity contribution in [2.24, 2.45) is 0 Å².